The van der Waals surface area contributed by atoms with Crippen molar-refractivity contribution in [3.05, 3.63) is 18.2 Å². The number of nitrogens with two attached hydrogens (primary N) is 1. The molecular formula is C12H19N3S. The van der Waals surface area contributed by atoms with Crippen molar-refractivity contribution in [1.82, 2.24) is 4.98 Å². The molecule has 1 aliphatic rings. The Kier molecular flexibility index (Phi) is 3.93. The van der Waals surface area contributed by atoms with Gasteiger partial charge in [0, 0.05) is 11.3 Å². The summed E-state index contributed by atoms with van der Waals surface area (Å²) in [5.41, 5.74) is 5.66. The first-order valence-electron chi connectivity index (χ1n) is 5.80. The number of hydrogen-bond acceptors (Lipinski definition) is 4. The van der Waals surface area contributed by atoms with Gasteiger partial charge in [0.25, 0.3) is 0 Å². The Hall–Kier alpha value is -0.900. The minimum absolute atomic E-state index is 0.556. The summed E-state index contributed by atoms with van der Waals surface area (Å²) in [6.45, 7) is 0. The van der Waals surface area contributed by atoms with Crippen molar-refractivity contribution >= 4 is 23.4 Å². The zero-order chi connectivity index (χ0) is 11.4. The first-order chi connectivity index (χ1) is 7.78. The molecule has 4 heteroatoms. The molecule has 1 heterocycles. The minimum atomic E-state index is 0.556. The van der Waals surface area contributed by atoms with Crippen LogP contribution in [-0.4, -0.2) is 22.5 Å². The van der Waals surface area contributed by atoms with Gasteiger partial charge in [0.05, 0.1) is 0 Å². The maximum atomic E-state index is 5.66. The molecule has 1 fully saturated rings. The van der Waals surface area contributed by atoms with Gasteiger partial charge in [-0.2, -0.15) is 11.8 Å². The highest BCUT2D eigenvalue weighted by Crippen LogP contribution is 2.28. The number of nitrogen functional groups attached to an aromatic ring is 1. The number of aromatic nitrogens is 1. The maximum absolute atomic E-state index is 5.66. The molecule has 1 aromatic heterocycles. The first-order valence-corrected chi connectivity index (χ1v) is 7.08. The quantitative estimate of drug-likeness (QED) is 0.848. The Morgan fingerprint density at radius 3 is 3.06 bits per heavy atom. The molecule has 3 N–H and O–H groups in total. The number of rotatable bonds is 3. The zero-order valence-corrected chi connectivity index (χ0v) is 10.5. The third-order valence-electron chi connectivity index (χ3n) is 3.08. The van der Waals surface area contributed by atoms with Gasteiger partial charge in [-0.3, -0.25) is 0 Å². The molecule has 88 valence electrons. The summed E-state index contributed by atoms with van der Waals surface area (Å²) >= 11 is 1.98. The van der Waals surface area contributed by atoms with Crippen LogP contribution in [0.3, 0.4) is 0 Å². The van der Waals surface area contributed by atoms with Gasteiger partial charge in [0.15, 0.2) is 0 Å². The fraction of sp³-hybridized carbons (Fsp3) is 0.583. The fourth-order valence-electron chi connectivity index (χ4n) is 2.23. The second-order valence-corrected chi connectivity index (χ2v) is 5.45. The highest BCUT2D eigenvalue weighted by Gasteiger charge is 2.21. The number of pyridine rings is 1. The van der Waals surface area contributed by atoms with Gasteiger partial charge in [0.2, 0.25) is 0 Å². The third-order valence-corrected chi connectivity index (χ3v) is 4.18. The molecule has 2 atom stereocenters. The second kappa shape index (κ2) is 5.43. The smallest absolute Gasteiger partial charge is 0.128 e. The molecule has 2 rings (SSSR count). The van der Waals surface area contributed by atoms with E-state index < -0.39 is 0 Å². The van der Waals surface area contributed by atoms with Gasteiger partial charge in [-0.15, -0.1) is 0 Å². The molecule has 0 aliphatic heterocycles. The van der Waals surface area contributed by atoms with Gasteiger partial charge < -0.3 is 11.1 Å². The topological polar surface area (TPSA) is 50.9 Å². The molecule has 0 spiro atoms. The van der Waals surface area contributed by atoms with E-state index in [9.17, 15) is 0 Å². The van der Waals surface area contributed by atoms with Crippen LogP contribution in [0.1, 0.15) is 25.7 Å². The van der Waals surface area contributed by atoms with Crippen LogP contribution < -0.4 is 11.1 Å². The summed E-state index contributed by atoms with van der Waals surface area (Å²) in [6.07, 6.45) is 7.34. The monoisotopic (exact) mass is 237 g/mol. The Morgan fingerprint density at radius 2 is 2.31 bits per heavy atom. The normalized spacial score (nSPS) is 25.3. The van der Waals surface area contributed by atoms with Crippen molar-refractivity contribution in [3.63, 3.8) is 0 Å². The van der Waals surface area contributed by atoms with Crippen LogP contribution in [0, 0.1) is 0 Å². The van der Waals surface area contributed by atoms with Gasteiger partial charge in [0.1, 0.15) is 11.6 Å². The summed E-state index contributed by atoms with van der Waals surface area (Å²) in [4.78, 5) is 4.28. The Morgan fingerprint density at radius 1 is 1.44 bits per heavy atom. The molecule has 2 unspecified atom stereocenters. The lowest BCUT2D eigenvalue weighted by Crippen LogP contribution is -2.28. The van der Waals surface area contributed by atoms with Gasteiger partial charge in [-0.1, -0.05) is 12.5 Å². The van der Waals surface area contributed by atoms with Crippen molar-refractivity contribution < 1.29 is 0 Å². The highest BCUT2D eigenvalue weighted by atomic mass is 32.2. The largest absolute Gasteiger partial charge is 0.384 e. The Bertz CT molecular complexity index is 343. The van der Waals surface area contributed by atoms with E-state index in [4.69, 9.17) is 5.73 Å². The van der Waals surface area contributed by atoms with E-state index in [-0.39, 0.29) is 0 Å². The number of thioether (sulfide) groups is 1. The van der Waals surface area contributed by atoms with E-state index in [1.54, 1.807) is 0 Å². The number of nitrogens with zero attached hydrogens (tertiary/aromatic N) is 1. The molecule has 0 aromatic carbocycles. The van der Waals surface area contributed by atoms with Crippen LogP contribution in [-0.2, 0) is 0 Å². The van der Waals surface area contributed by atoms with Crippen molar-refractivity contribution in [2.75, 3.05) is 17.3 Å². The Labute approximate surface area is 101 Å². The highest BCUT2D eigenvalue weighted by molar-refractivity contribution is 7.99. The van der Waals surface area contributed by atoms with Crippen LogP contribution in [0.2, 0.25) is 0 Å². The summed E-state index contributed by atoms with van der Waals surface area (Å²) in [5, 5.41) is 4.28. The Balaban J connectivity index is 1.94. The van der Waals surface area contributed by atoms with Crippen molar-refractivity contribution in [2.45, 2.75) is 37.0 Å². The van der Waals surface area contributed by atoms with E-state index in [1.807, 2.05) is 30.0 Å². The fourth-order valence-corrected chi connectivity index (χ4v) is 3.06. The third kappa shape index (κ3) is 3.04. The van der Waals surface area contributed by atoms with Crippen molar-refractivity contribution in [3.8, 4) is 0 Å². The summed E-state index contributed by atoms with van der Waals surface area (Å²) in [5.74, 6) is 1.49. The van der Waals surface area contributed by atoms with E-state index in [0.29, 0.717) is 11.9 Å². The molecule has 1 aliphatic carbocycles. The lowest BCUT2D eigenvalue weighted by molar-refractivity contribution is 0.473. The molecule has 1 saturated carbocycles. The summed E-state index contributed by atoms with van der Waals surface area (Å²) < 4.78 is 0. The van der Waals surface area contributed by atoms with E-state index >= 15 is 0 Å². The number of anilines is 2. The molecule has 0 radical (unpaired) electrons. The molecule has 1 aromatic rings. The van der Waals surface area contributed by atoms with Crippen LogP contribution in [0.15, 0.2) is 18.2 Å². The predicted molar refractivity (Wildman–Crippen MR) is 71.8 cm³/mol. The molecule has 0 amide bonds. The number of hydrogen-bond donors (Lipinski definition) is 2. The molecule has 0 bridgehead atoms. The zero-order valence-electron chi connectivity index (χ0n) is 9.65. The standard InChI is InChI=1S/C12H19N3S/c1-16-10-5-2-4-9(8-10)14-12-7-3-6-11(13)15-12/h3,6-7,9-10H,2,4-5,8H2,1H3,(H3,13,14,15). The van der Waals surface area contributed by atoms with Crippen LogP contribution in [0.4, 0.5) is 11.6 Å². The average molecular weight is 237 g/mol. The summed E-state index contributed by atoms with van der Waals surface area (Å²) in [6, 6.07) is 6.30. The first kappa shape index (κ1) is 11.6. The minimum Gasteiger partial charge on any atom is -0.384 e. The molecule has 16 heavy (non-hydrogen) atoms. The van der Waals surface area contributed by atoms with E-state index in [2.05, 4.69) is 16.6 Å². The second-order valence-electron chi connectivity index (χ2n) is 4.31. The van der Waals surface area contributed by atoms with Crippen LogP contribution >= 0.6 is 11.8 Å². The molecular weight excluding hydrogens is 218 g/mol. The van der Waals surface area contributed by atoms with Crippen LogP contribution in [0.25, 0.3) is 0 Å². The lowest BCUT2D eigenvalue weighted by Gasteiger charge is -2.29. The SMILES string of the molecule is CSC1CCCC(Nc2cccc(N)n2)C1. The molecule has 0 saturated heterocycles. The van der Waals surface area contributed by atoms with Gasteiger partial charge in [-0.05, 0) is 37.7 Å². The van der Waals surface area contributed by atoms with Gasteiger partial charge in [-0.25, -0.2) is 4.98 Å². The predicted octanol–water partition coefficient (Wildman–Crippen LogP) is 2.75. The van der Waals surface area contributed by atoms with Gasteiger partial charge >= 0.3 is 0 Å². The van der Waals surface area contributed by atoms with E-state index in [1.165, 1.54) is 25.7 Å². The van der Waals surface area contributed by atoms with Crippen molar-refractivity contribution in [2.24, 2.45) is 0 Å². The number of nitrogens with one attached hydrogen (secondary N) is 1. The van der Waals surface area contributed by atoms with Crippen LogP contribution in [0.5, 0.6) is 0 Å². The maximum Gasteiger partial charge on any atom is 0.128 e. The molecule has 3 nitrogen and oxygen atoms in total. The van der Waals surface area contributed by atoms with Crippen molar-refractivity contribution in [1.29, 1.82) is 0 Å². The van der Waals surface area contributed by atoms with E-state index in [0.717, 1.165) is 11.1 Å². The lowest BCUT2D eigenvalue weighted by atomic mass is 9.95. The summed E-state index contributed by atoms with van der Waals surface area (Å²) in [7, 11) is 0. The average Bonchev–Trinajstić information content (AvgIpc) is 2.29.